The largest absolute Gasteiger partial charge is 0.466 e. The van der Waals surface area contributed by atoms with Gasteiger partial charge in [-0.05, 0) is 18.1 Å². The number of carbonyl (C=O) groups excluding carboxylic acids is 2. The van der Waals surface area contributed by atoms with E-state index in [9.17, 15) is 19.7 Å². The second kappa shape index (κ2) is 9.14. The molecule has 8 nitrogen and oxygen atoms in total. The van der Waals surface area contributed by atoms with Gasteiger partial charge >= 0.3 is 5.97 Å². The molecular weight excluding hydrogens is 350 g/mol. The molecule has 0 aliphatic heterocycles. The summed E-state index contributed by atoms with van der Waals surface area (Å²) in [5, 5.41) is 16.5. The van der Waals surface area contributed by atoms with Crippen LogP contribution in [0.4, 0.5) is 11.4 Å². The molecule has 0 saturated carbocycles. The Hall–Kier alpha value is -3.68. The van der Waals surface area contributed by atoms with Crippen molar-refractivity contribution in [2.45, 2.75) is 13.5 Å². The molecular formula is C19H19N3O5. The van der Waals surface area contributed by atoms with Gasteiger partial charge in [-0.1, -0.05) is 36.4 Å². The monoisotopic (exact) mass is 369 g/mol. The third kappa shape index (κ3) is 5.67. The first kappa shape index (κ1) is 19.6. The molecule has 2 rings (SSSR count). The van der Waals surface area contributed by atoms with Crippen molar-refractivity contribution in [3.05, 3.63) is 81.5 Å². The van der Waals surface area contributed by atoms with Gasteiger partial charge in [-0.15, -0.1) is 0 Å². The fourth-order valence-corrected chi connectivity index (χ4v) is 2.21. The van der Waals surface area contributed by atoms with Gasteiger partial charge in [-0.2, -0.15) is 0 Å². The van der Waals surface area contributed by atoms with Crippen LogP contribution in [0.3, 0.4) is 0 Å². The number of nitro groups is 1. The molecule has 0 bridgehead atoms. The van der Waals surface area contributed by atoms with Crippen LogP contribution in [0.2, 0.25) is 0 Å². The van der Waals surface area contributed by atoms with Crippen LogP contribution < -0.4 is 10.6 Å². The van der Waals surface area contributed by atoms with Crippen LogP contribution in [0.25, 0.3) is 0 Å². The van der Waals surface area contributed by atoms with E-state index in [4.69, 9.17) is 0 Å². The molecule has 0 spiro atoms. The Kier molecular flexibility index (Phi) is 6.65. The number of non-ortho nitro benzene ring substituents is 1. The molecule has 8 heteroatoms. The number of methoxy groups -OCH3 is 1. The Morgan fingerprint density at radius 3 is 2.52 bits per heavy atom. The molecule has 1 amide bonds. The molecule has 0 fully saturated rings. The minimum Gasteiger partial charge on any atom is -0.466 e. The molecule has 0 saturated heterocycles. The van der Waals surface area contributed by atoms with Crippen LogP contribution in [-0.2, 0) is 20.9 Å². The Morgan fingerprint density at radius 1 is 1.19 bits per heavy atom. The van der Waals surface area contributed by atoms with E-state index in [2.05, 4.69) is 15.4 Å². The first-order valence-corrected chi connectivity index (χ1v) is 8.04. The quantitative estimate of drug-likeness (QED) is 0.336. The van der Waals surface area contributed by atoms with Gasteiger partial charge in [0.1, 0.15) is 5.70 Å². The number of anilines is 1. The lowest BCUT2D eigenvalue weighted by atomic mass is 10.1. The molecule has 0 aliphatic carbocycles. The molecule has 2 aromatic carbocycles. The summed E-state index contributed by atoms with van der Waals surface area (Å²) >= 11 is 0. The number of hydrogen-bond donors (Lipinski definition) is 2. The highest BCUT2D eigenvalue weighted by molar-refractivity contribution is 6.01. The highest BCUT2D eigenvalue weighted by Gasteiger charge is 2.15. The van der Waals surface area contributed by atoms with Crippen molar-refractivity contribution in [3.8, 4) is 0 Å². The molecule has 0 aliphatic rings. The van der Waals surface area contributed by atoms with Crippen LogP contribution in [0.15, 0.2) is 60.3 Å². The van der Waals surface area contributed by atoms with Crippen molar-refractivity contribution in [2.75, 3.05) is 12.4 Å². The van der Waals surface area contributed by atoms with Crippen LogP contribution in [0.1, 0.15) is 11.1 Å². The maximum atomic E-state index is 12.5. The van der Waals surface area contributed by atoms with Gasteiger partial charge in [-0.3, -0.25) is 14.9 Å². The van der Waals surface area contributed by atoms with Crippen LogP contribution in [0, 0.1) is 17.0 Å². The number of nitrogens with zero attached hydrogens (tertiary/aromatic N) is 1. The zero-order valence-corrected chi connectivity index (χ0v) is 14.9. The number of aryl methyl sites for hydroxylation is 1. The van der Waals surface area contributed by atoms with E-state index < -0.39 is 16.8 Å². The number of hydrogen-bond acceptors (Lipinski definition) is 6. The van der Waals surface area contributed by atoms with Crippen molar-refractivity contribution in [2.24, 2.45) is 0 Å². The van der Waals surface area contributed by atoms with E-state index in [1.54, 1.807) is 13.0 Å². The Morgan fingerprint density at radius 2 is 1.89 bits per heavy atom. The fourth-order valence-electron chi connectivity index (χ4n) is 2.21. The van der Waals surface area contributed by atoms with Crippen molar-refractivity contribution < 1.29 is 19.2 Å². The molecule has 0 radical (unpaired) electrons. The Labute approximate surface area is 156 Å². The number of amides is 1. The zero-order valence-electron chi connectivity index (χ0n) is 14.9. The minimum atomic E-state index is -0.726. The second-order valence-electron chi connectivity index (χ2n) is 5.63. The van der Waals surface area contributed by atoms with E-state index in [0.717, 1.165) is 11.6 Å². The normalized spacial score (nSPS) is 10.8. The molecule has 140 valence electrons. The predicted octanol–water partition coefficient (Wildman–Crippen LogP) is 2.69. The summed E-state index contributed by atoms with van der Waals surface area (Å²) in [6.45, 7) is 1.98. The maximum Gasteiger partial charge on any atom is 0.332 e. The van der Waals surface area contributed by atoms with Gasteiger partial charge in [0.05, 0.1) is 18.1 Å². The second-order valence-corrected chi connectivity index (χ2v) is 5.63. The van der Waals surface area contributed by atoms with Gasteiger partial charge in [0.25, 0.3) is 11.6 Å². The maximum absolute atomic E-state index is 12.5. The summed E-state index contributed by atoms with van der Waals surface area (Å²) in [4.78, 5) is 34.6. The third-order valence-electron chi connectivity index (χ3n) is 3.71. The molecule has 0 aromatic heterocycles. The van der Waals surface area contributed by atoms with Crippen LogP contribution in [-0.4, -0.2) is 23.9 Å². The smallest absolute Gasteiger partial charge is 0.332 e. The van der Waals surface area contributed by atoms with Crippen molar-refractivity contribution >= 4 is 23.3 Å². The highest BCUT2D eigenvalue weighted by Crippen LogP contribution is 2.23. The average Bonchev–Trinajstić information content (AvgIpc) is 2.67. The zero-order chi connectivity index (χ0) is 19.8. The van der Waals surface area contributed by atoms with Crippen LogP contribution in [0.5, 0.6) is 0 Å². The summed E-state index contributed by atoms with van der Waals surface area (Å²) < 4.78 is 4.58. The summed E-state index contributed by atoms with van der Waals surface area (Å²) in [6, 6.07) is 13.5. The molecule has 2 N–H and O–H groups in total. The molecule has 0 heterocycles. The topological polar surface area (TPSA) is 111 Å². The number of carbonyl (C=O) groups is 2. The van der Waals surface area contributed by atoms with E-state index in [0.29, 0.717) is 11.3 Å². The van der Waals surface area contributed by atoms with E-state index in [1.165, 1.54) is 19.2 Å². The lowest BCUT2D eigenvalue weighted by molar-refractivity contribution is -0.384. The van der Waals surface area contributed by atoms with Gasteiger partial charge in [-0.25, -0.2) is 4.79 Å². The van der Waals surface area contributed by atoms with E-state index >= 15 is 0 Å². The SMILES string of the molecule is COC(=O)/C=C(\Nc1cc([N+](=O)[O-])ccc1C)C(=O)NCc1ccccc1. The summed E-state index contributed by atoms with van der Waals surface area (Å²) in [7, 11) is 1.19. The van der Waals surface area contributed by atoms with Gasteiger partial charge in [0.15, 0.2) is 0 Å². The predicted molar refractivity (Wildman–Crippen MR) is 99.8 cm³/mol. The first-order chi connectivity index (χ1) is 12.9. The standard InChI is InChI=1S/C19H19N3O5/c1-13-8-9-15(22(25)26)10-16(13)21-17(11-18(23)27-2)19(24)20-12-14-6-4-3-5-7-14/h3-11,21H,12H2,1-2H3,(H,20,24)/b17-11-. The van der Waals surface area contributed by atoms with Crippen molar-refractivity contribution in [1.29, 1.82) is 0 Å². The van der Waals surface area contributed by atoms with Gasteiger partial charge in [0.2, 0.25) is 0 Å². The van der Waals surface area contributed by atoms with Crippen molar-refractivity contribution in [3.63, 3.8) is 0 Å². The molecule has 0 unspecified atom stereocenters. The summed E-state index contributed by atoms with van der Waals surface area (Å²) in [5.41, 5.74) is 1.68. The molecule has 2 aromatic rings. The molecule has 0 atom stereocenters. The van der Waals surface area contributed by atoms with Gasteiger partial charge in [0, 0.05) is 24.4 Å². The number of esters is 1. The first-order valence-electron chi connectivity index (χ1n) is 8.04. The van der Waals surface area contributed by atoms with E-state index in [-0.39, 0.29) is 17.9 Å². The van der Waals surface area contributed by atoms with E-state index in [1.807, 2.05) is 30.3 Å². The number of nitrogens with one attached hydrogen (secondary N) is 2. The number of ether oxygens (including phenoxy) is 1. The molecule has 27 heavy (non-hydrogen) atoms. The Bertz CT molecular complexity index is 878. The fraction of sp³-hybridized carbons (Fsp3) is 0.158. The van der Waals surface area contributed by atoms with Gasteiger partial charge < -0.3 is 15.4 Å². The lowest BCUT2D eigenvalue weighted by Gasteiger charge is -2.13. The summed E-state index contributed by atoms with van der Waals surface area (Å²) in [5.74, 6) is -1.27. The highest BCUT2D eigenvalue weighted by atomic mass is 16.6. The Balaban J connectivity index is 2.23. The van der Waals surface area contributed by atoms with Crippen LogP contribution >= 0.6 is 0 Å². The number of benzene rings is 2. The number of nitro benzene ring substituents is 1. The summed E-state index contributed by atoms with van der Waals surface area (Å²) in [6.07, 6.45) is 0.999. The number of rotatable bonds is 7. The average molecular weight is 369 g/mol. The van der Waals surface area contributed by atoms with Crippen molar-refractivity contribution in [1.82, 2.24) is 5.32 Å². The lowest BCUT2D eigenvalue weighted by Crippen LogP contribution is -2.28. The third-order valence-corrected chi connectivity index (χ3v) is 3.71. The minimum absolute atomic E-state index is 0.0821.